The summed E-state index contributed by atoms with van der Waals surface area (Å²) in [5.41, 5.74) is 0.352. The zero-order valence-corrected chi connectivity index (χ0v) is 12.4. The number of nitrogens with one attached hydrogen (secondary N) is 1. The first-order valence-electron chi connectivity index (χ1n) is 5.46. The summed E-state index contributed by atoms with van der Waals surface area (Å²) in [4.78, 5) is 11.1. The first kappa shape index (κ1) is 14.8. The molecular weight excluding hydrogens is 322 g/mol. The van der Waals surface area contributed by atoms with Crippen LogP contribution in [0.3, 0.4) is 0 Å². The largest absolute Gasteiger partial charge is 0.481 e. The molecule has 0 saturated heterocycles. The lowest BCUT2D eigenvalue weighted by Gasteiger charge is -2.06. The maximum atomic E-state index is 12.1. The molecule has 2 N–H and O–H groups in total. The smallest absolute Gasteiger partial charge is 0.308 e. The van der Waals surface area contributed by atoms with Crippen LogP contribution >= 0.6 is 22.9 Å². The van der Waals surface area contributed by atoms with Gasteiger partial charge < -0.3 is 5.11 Å². The van der Waals surface area contributed by atoms with Crippen molar-refractivity contribution < 1.29 is 18.3 Å². The fourth-order valence-corrected chi connectivity index (χ4v) is 4.09. The van der Waals surface area contributed by atoms with E-state index in [4.69, 9.17) is 16.7 Å². The van der Waals surface area contributed by atoms with Crippen molar-refractivity contribution in [3.63, 3.8) is 0 Å². The number of halogens is 1. The van der Waals surface area contributed by atoms with E-state index in [-0.39, 0.29) is 10.6 Å². The summed E-state index contributed by atoms with van der Waals surface area (Å²) >= 11 is 6.71. The molecule has 0 saturated carbocycles. The van der Waals surface area contributed by atoms with Crippen LogP contribution in [-0.2, 0) is 21.2 Å². The van der Waals surface area contributed by atoms with Crippen molar-refractivity contribution in [2.75, 3.05) is 4.72 Å². The van der Waals surface area contributed by atoms with Gasteiger partial charge in [-0.05, 0) is 30.3 Å². The van der Waals surface area contributed by atoms with E-state index >= 15 is 0 Å². The number of hydrogen-bond donors (Lipinski definition) is 2. The summed E-state index contributed by atoms with van der Waals surface area (Å²) in [5.74, 6) is -1.00. The van der Waals surface area contributed by atoms with E-state index in [2.05, 4.69) is 4.72 Å². The van der Waals surface area contributed by atoms with E-state index in [0.717, 1.165) is 11.3 Å². The Morgan fingerprint density at radius 2 is 2.05 bits per heavy atom. The summed E-state index contributed by atoms with van der Waals surface area (Å²) < 4.78 is 26.7. The molecular formula is C12H10ClNO4S2. The highest BCUT2D eigenvalue weighted by molar-refractivity contribution is 7.94. The normalized spacial score (nSPS) is 11.2. The fraction of sp³-hybridized carbons (Fsp3) is 0.0833. The minimum Gasteiger partial charge on any atom is -0.481 e. The fourth-order valence-electron chi connectivity index (χ4n) is 1.50. The molecule has 20 heavy (non-hydrogen) atoms. The van der Waals surface area contributed by atoms with Gasteiger partial charge in [-0.2, -0.15) is 0 Å². The van der Waals surface area contributed by atoms with Gasteiger partial charge in [0.05, 0.1) is 12.1 Å². The molecule has 0 fully saturated rings. The van der Waals surface area contributed by atoms with E-state index in [1.54, 1.807) is 18.2 Å². The molecule has 0 spiro atoms. The molecule has 0 unspecified atom stereocenters. The van der Waals surface area contributed by atoms with E-state index in [1.165, 1.54) is 18.2 Å². The van der Waals surface area contributed by atoms with Crippen LogP contribution in [0.5, 0.6) is 0 Å². The van der Waals surface area contributed by atoms with Crippen LogP contribution < -0.4 is 4.72 Å². The van der Waals surface area contributed by atoms with Crippen LogP contribution in [0.4, 0.5) is 5.69 Å². The molecule has 0 aliphatic heterocycles. The van der Waals surface area contributed by atoms with Crippen molar-refractivity contribution in [1.82, 2.24) is 0 Å². The molecule has 0 aliphatic rings. The molecule has 106 valence electrons. The van der Waals surface area contributed by atoms with Crippen molar-refractivity contribution in [3.05, 3.63) is 46.3 Å². The highest BCUT2D eigenvalue weighted by Gasteiger charge is 2.17. The number of hydrogen-bond acceptors (Lipinski definition) is 4. The van der Waals surface area contributed by atoms with Crippen LogP contribution in [-0.4, -0.2) is 19.5 Å². The molecule has 8 heteroatoms. The SMILES string of the molecule is O=C(O)Cc1ccc(S(=O)(=O)Nc2cccc(Cl)c2)s1. The highest BCUT2D eigenvalue weighted by atomic mass is 35.5. The molecule has 5 nitrogen and oxygen atoms in total. The highest BCUT2D eigenvalue weighted by Crippen LogP contribution is 2.25. The Bertz CT molecular complexity index is 739. The number of benzene rings is 1. The molecule has 0 atom stereocenters. The van der Waals surface area contributed by atoms with Gasteiger partial charge in [0.25, 0.3) is 10.0 Å². The lowest BCUT2D eigenvalue weighted by Crippen LogP contribution is -2.11. The number of sulfonamides is 1. The second-order valence-corrected chi connectivity index (χ2v) is 7.42. The van der Waals surface area contributed by atoms with Crippen molar-refractivity contribution in [2.24, 2.45) is 0 Å². The summed E-state index contributed by atoms with van der Waals surface area (Å²) in [6.45, 7) is 0. The number of carbonyl (C=O) groups is 1. The predicted octanol–water partition coefficient (Wildman–Crippen LogP) is 2.83. The number of thiophene rings is 1. The molecule has 0 bridgehead atoms. The third-order valence-electron chi connectivity index (χ3n) is 2.30. The van der Waals surface area contributed by atoms with Crippen LogP contribution in [0.25, 0.3) is 0 Å². The van der Waals surface area contributed by atoms with Crippen molar-refractivity contribution in [2.45, 2.75) is 10.6 Å². The van der Waals surface area contributed by atoms with Gasteiger partial charge in [-0.15, -0.1) is 11.3 Å². The summed E-state index contributed by atoms with van der Waals surface area (Å²) in [7, 11) is -3.73. The standard InChI is InChI=1S/C12H10ClNO4S2/c13-8-2-1-3-9(6-8)14-20(17,18)12-5-4-10(19-12)7-11(15)16/h1-6,14H,7H2,(H,15,16). The van der Waals surface area contributed by atoms with Gasteiger partial charge in [-0.3, -0.25) is 9.52 Å². The topological polar surface area (TPSA) is 83.5 Å². The molecule has 2 rings (SSSR count). The molecule has 2 aromatic rings. The zero-order chi connectivity index (χ0) is 14.8. The Hall–Kier alpha value is -1.57. The van der Waals surface area contributed by atoms with Crippen LogP contribution in [0.15, 0.2) is 40.6 Å². The predicted molar refractivity (Wildman–Crippen MR) is 77.9 cm³/mol. The molecule has 0 aliphatic carbocycles. The van der Waals surface area contributed by atoms with E-state index in [9.17, 15) is 13.2 Å². The Kier molecular flexibility index (Phi) is 4.32. The van der Waals surface area contributed by atoms with Crippen molar-refractivity contribution in [1.29, 1.82) is 0 Å². The van der Waals surface area contributed by atoms with Gasteiger partial charge in [-0.1, -0.05) is 17.7 Å². The van der Waals surface area contributed by atoms with Crippen LogP contribution in [0, 0.1) is 0 Å². The number of carboxylic acid groups (broad SMARTS) is 1. The number of carboxylic acids is 1. The lowest BCUT2D eigenvalue weighted by atomic mass is 10.3. The Balaban J connectivity index is 2.22. The molecule has 0 amide bonds. The van der Waals surface area contributed by atoms with Crippen LogP contribution in [0.2, 0.25) is 5.02 Å². The Morgan fingerprint density at radius 3 is 2.70 bits per heavy atom. The van der Waals surface area contributed by atoms with Gasteiger partial charge in [0.15, 0.2) is 0 Å². The third kappa shape index (κ3) is 3.72. The Morgan fingerprint density at radius 1 is 1.30 bits per heavy atom. The first-order valence-corrected chi connectivity index (χ1v) is 8.13. The first-order chi connectivity index (χ1) is 9.37. The maximum Gasteiger partial charge on any atom is 0.308 e. The minimum atomic E-state index is -3.73. The monoisotopic (exact) mass is 331 g/mol. The maximum absolute atomic E-state index is 12.1. The van der Waals surface area contributed by atoms with Gasteiger partial charge in [0.2, 0.25) is 0 Å². The lowest BCUT2D eigenvalue weighted by molar-refractivity contribution is -0.136. The van der Waals surface area contributed by atoms with E-state index < -0.39 is 16.0 Å². The minimum absolute atomic E-state index is 0.0636. The number of rotatable bonds is 5. The average Bonchev–Trinajstić information content (AvgIpc) is 2.76. The summed E-state index contributed by atoms with van der Waals surface area (Å²) in [6.07, 6.45) is -0.197. The quantitative estimate of drug-likeness (QED) is 0.882. The number of aliphatic carboxylic acids is 1. The zero-order valence-electron chi connectivity index (χ0n) is 10.0. The van der Waals surface area contributed by atoms with Gasteiger partial charge in [0.1, 0.15) is 4.21 Å². The summed E-state index contributed by atoms with van der Waals surface area (Å²) in [6, 6.07) is 9.21. The molecule has 1 heterocycles. The Labute approximate surface area is 124 Å². The van der Waals surface area contributed by atoms with Gasteiger partial charge in [-0.25, -0.2) is 8.42 Å². The average molecular weight is 332 g/mol. The van der Waals surface area contributed by atoms with Crippen molar-refractivity contribution in [3.8, 4) is 0 Å². The van der Waals surface area contributed by atoms with Crippen molar-refractivity contribution >= 4 is 44.6 Å². The van der Waals surface area contributed by atoms with Gasteiger partial charge in [0, 0.05) is 9.90 Å². The summed E-state index contributed by atoms with van der Waals surface area (Å²) in [5, 5.41) is 9.09. The van der Waals surface area contributed by atoms with Gasteiger partial charge >= 0.3 is 5.97 Å². The number of anilines is 1. The second kappa shape index (κ2) is 5.82. The second-order valence-electron chi connectivity index (χ2n) is 3.91. The van der Waals surface area contributed by atoms with E-state index in [0.29, 0.717) is 15.6 Å². The molecule has 1 aromatic carbocycles. The molecule has 1 aromatic heterocycles. The van der Waals surface area contributed by atoms with Crippen LogP contribution in [0.1, 0.15) is 4.88 Å². The van der Waals surface area contributed by atoms with E-state index in [1.807, 2.05) is 0 Å². The third-order valence-corrected chi connectivity index (χ3v) is 5.50. The molecule has 0 radical (unpaired) electrons.